The zero-order chi connectivity index (χ0) is 14.9. The molecule has 1 amide bonds. The van der Waals surface area contributed by atoms with E-state index in [0.717, 1.165) is 0 Å². The van der Waals surface area contributed by atoms with Gasteiger partial charge in [-0.05, 0) is 38.5 Å². The topological polar surface area (TPSA) is 75.6 Å². The van der Waals surface area contributed by atoms with Gasteiger partial charge in [0.2, 0.25) is 0 Å². The van der Waals surface area contributed by atoms with Gasteiger partial charge in [0.1, 0.15) is 5.92 Å². The molecule has 2 unspecified atom stereocenters. The van der Waals surface area contributed by atoms with Crippen LogP contribution in [0.25, 0.3) is 0 Å². The molecule has 0 bridgehead atoms. The summed E-state index contributed by atoms with van der Waals surface area (Å²) in [6, 6.07) is 8.62. The second-order valence-electron chi connectivity index (χ2n) is 5.04. The molecule has 5 heteroatoms. The van der Waals surface area contributed by atoms with Crippen LogP contribution in [0.2, 0.25) is 0 Å². The molecule has 2 rings (SSSR count). The van der Waals surface area contributed by atoms with Crippen LogP contribution in [0.5, 0.6) is 0 Å². The van der Waals surface area contributed by atoms with Crippen molar-refractivity contribution in [3.8, 4) is 0 Å². The number of rotatable bonds is 3. The molecule has 0 fully saturated rings. The van der Waals surface area contributed by atoms with Crippen LogP contribution in [0.15, 0.2) is 41.7 Å². The van der Waals surface area contributed by atoms with E-state index in [4.69, 9.17) is 4.74 Å². The zero-order valence-electron chi connectivity index (χ0n) is 11.6. The van der Waals surface area contributed by atoms with Gasteiger partial charge in [0, 0.05) is 5.56 Å². The minimum Gasteiger partial charge on any atom is -0.481 e. The second kappa shape index (κ2) is 5.00. The highest BCUT2D eigenvalue weighted by Gasteiger charge is 2.49. The maximum atomic E-state index is 12.2. The minimum absolute atomic E-state index is 0.359. The molecule has 1 aromatic carbocycles. The van der Waals surface area contributed by atoms with Gasteiger partial charge in [-0.15, -0.1) is 0 Å². The van der Waals surface area contributed by atoms with Crippen LogP contribution in [0.4, 0.5) is 0 Å². The van der Waals surface area contributed by atoms with Crippen molar-refractivity contribution in [1.82, 2.24) is 5.32 Å². The molecule has 0 aromatic heterocycles. The van der Waals surface area contributed by atoms with E-state index in [1.807, 2.05) is 0 Å². The Labute approximate surface area is 117 Å². The Morgan fingerprint density at radius 2 is 1.85 bits per heavy atom. The maximum absolute atomic E-state index is 12.2. The Morgan fingerprint density at radius 3 is 2.40 bits per heavy atom. The summed E-state index contributed by atoms with van der Waals surface area (Å²) in [5.74, 6) is -1.74. The first-order chi connectivity index (χ1) is 9.35. The van der Waals surface area contributed by atoms with E-state index in [2.05, 4.69) is 5.32 Å². The lowest BCUT2D eigenvalue weighted by atomic mass is 9.91. The Hall–Kier alpha value is -2.30. The number of carboxylic acid groups (broad SMARTS) is 1. The van der Waals surface area contributed by atoms with Gasteiger partial charge in [-0.3, -0.25) is 9.59 Å². The first-order valence-corrected chi connectivity index (χ1v) is 6.32. The largest absolute Gasteiger partial charge is 0.481 e. The third-order valence-corrected chi connectivity index (χ3v) is 3.55. The normalized spacial score (nSPS) is 25.2. The molecule has 1 aromatic rings. The number of nitrogens with one attached hydrogen (secondary N) is 1. The summed E-state index contributed by atoms with van der Waals surface area (Å²) < 4.78 is 5.59. The molecule has 0 aliphatic carbocycles. The molecule has 2 atom stereocenters. The van der Waals surface area contributed by atoms with Crippen molar-refractivity contribution in [3.05, 3.63) is 47.2 Å². The van der Waals surface area contributed by atoms with E-state index in [9.17, 15) is 14.7 Å². The molecule has 1 aliphatic heterocycles. The Morgan fingerprint density at radius 1 is 1.25 bits per heavy atom. The molecule has 0 saturated carbocycles. The summed E-state index contributed by atoms with van der Waals surface area (Å²) in [5.41, 5.74) is -0.190. The molecule has 0 saturated heterocycles. The average Bonchev–Trinajstić information content (AvgIpc) is 2.60. The number of hydrogen-bond donors (Lipinski definition) is 2. The maximum Gasteiger partial charge on any atom is 0.316 e. The van der Waals surface area contributed by atoms with Crippen LogP contribution in [-0.4, -0.2) is 22.7 Å². The summed E-state index contributed by atoms with van der Waals surface area (Å²) in [5, 5.41) is 12.0. The molecule has 106 valence electrons. The highest BCUT2D eigenvalue weighted by molar-refractivity contribution is 5.95. The smallest absolute Gasteiger partial charge is 0.316 e. The van der Waals surface area contributed by atoms with Crippen molar-refractivity contribution in [2.45, 2.75) is 26.5 Å². The van der Waals surface area contributed by atoms with Crippen molar-refractivity contribution in [2.24, 2.45) is 5.92 Å². The average molecular weight is 275 g/mol. The highest BCUT2D eigenvalue weighted by atomic mass is 16.5. The number of carbonyl (C=O) groups excluding carboxylic acids is 1. The van der Waals surface area contributed by atoms with E-state index in [-0.39, 0.29) is 5.91 Å². The van der Waals surface area contributed by atoms with Gasteiger partial charge in [-0.25, -0.2) is 0 Å². The summed E-state index contributed by atoms with van der Waals surface area (Å²) in [4.78, 5) is 23.6. The number of allylic oxidation sites excluding steroid dienone is 1. The summed E-state index contributed by atoms with van der Waals surface area (Å²) >= 11 is 0. The minimum atomic E-state index is -1.27. The van der Waals surface area contributed by atoms with E-state index in [1.54, 1.807) is 51.1 Å². The van der Waals surface area contributed by atoms with Gasteiger partial charge < -0.3 is 15.2 Å². The van der Waals surface area contributed by atoms with E-state index < -0.39 is 17.6 Å². The quantitative estimate of drug-likeness (QED) is 0.886. The fourth-order valence-electron chi connectivity index (χ4n) is 2.48. The van der Waals surface area contributed by atoms with E-state index >= 15 is 0 Å². The van der Waals surface area contributed by atoms with Crippen LogP contribution in [0.1, 0.15) is 31.1 Å². The van der Waals surface area contributed by atoms with Crippen LogP contribution in [-0.2, 0) is 9.53 Å². The Bertz CT molecular complexity index is 579. The van der Waals surface area contributed by atoms with Gasteiger partial charge >= 0.3 is 5.97 Å². The summed E-state index contributed by atoms with van der Waals surface area (Å²) in [6.45, 7) is 4.98. The third kappa shape index (κ3) is 2.39. The van der Waals surface area contributed by atoms with Crippen molar-refractivity contribution >= 4 is 11.9 Å². The predicted octanol–water partition coefficient (Wildman–Crippen LogP) is 2.16. The molecular formula is C15H17NO4. The standard InChI is InChI=1S/C15H17NO4/c1-9-10(2)20-15(3,12(9)14(18)19)16-13(17)11-7-5-4-6-8-11/h4-8,12H,1-3H3,(H,16,17)(H,18,19). The SMILES string of the molecule is CC1=C(C)C(C(=O)O)C(C)(NC(=O)c2ccccc2)O1. The highest BCUT2D eigenvalue weighted by Crippen LogP contribution is 2.37. The Balaban J connectivity index is 2.24. The van der Waals surface area contributed by atoms with Gasteiger partial charge in [0.15, 0.2) is 5.72 Å². The summed E-state index contributed by atoms with van der Waals surface area (Å²) in [6.07, 6.45) is 0. The zero-order valence-corrected chi connectivity index (χ0v) is 11.6. The van der Waals surface area contributed by atoms with E-state index in [1.165, 1.54) is 0 Å². The first kappa shape index (κ1) is 14.1. The first-order valence-electron chi connectivity index (χ1n) is 6.32. The molecule has 20 heavy (non-hydrogen) atoms. The molecule has 0 spiro atoms. The summed E-state index contributed by atoms with van der Waals surface area (Å²) in [7, 11) is 0. The number of carboxylic acids is 1. The van der Waals surface area contributed by atoms with Gasteiger partial charge in [-0.1, -0.05) is 18.2 Å². The predicted molar refractivity (Wildman–Crippen MR) is 72.9 cm³/mol. The van der Waals surface area contributed by atoms with Gasteiger partial charge in [0.25, 0.3) is 5.91 Å². The van der Waals surface area contributed by atoms with Gasteiger partial charge in [-0.2, -0.15) is 0 Å². The second-order valence-corrected chi connectivity index (χ2v) is 5.04. The molecule has 0 radical (unpaired) electrons. The number of benzene rings is 1. The van der Waals surface area contributed by atoms with Crippen molar-refractivity contribution in [3.63, 3.8) is 0 Å². The fraction of sp³-hybridized carbons (Fsp3) is 0.333. The fourth-order valence-corrected chi connectivity index (χ4v) is 2.48. The molecule has 1 heterocycles. The van der Waals surface area contributed by atoms with E-state index in [0.29, 0.717) is 16.9 Å². The number of aliphatic carboxylic acids is 1. The number of amides is 1. The number of ether oxygens (including phenoxy) is 1. The van der Waals surface area contributed by atoms with Crippen LogP contribution in [0, 0.1) is 5.92 Å². The molecule has 1 aliphatic rings. The molecule has 5 nitrogen and oxygen atoms in total. The monoisotopic (exact) mass is 275 g/mol. The molecular weight excluding hydrogens is 258 g/mol. The van der Waals surface area contributed by atoms with Crippen molar-refractivity contribution in [2.75, 3.05) is 0 Å². The van der Waals surface area contributed by atoms with Crippen LogP contribution >= 0.6 is 0 Å². The van der Waals surface area contributed by atoms with Crippen molar-refractivity contribution < 1.29 is 19.4 Å². The lowest BCUT2D eigenvalue weighted by molar-refractivity contribution is -0.147. The number of hydrogen-bond acceptors (Lipinski definition) is 3. The lowest BCUT2D eigenvalue weighted by Crippen LogP contribution is -2.53. The lowest BCUT2D eigenvalue weighted by Gasteiger charge is -2.30. The van der Waals surface area contributed by atoms with Crippen LogP contribution < -0.4 is 5.32 Å². The number of carbonyl (C=O) groups is 2. The van der Waals surface area contributed by atoms with Crippen molar-refractivity contribution in [1.29, 1.82) is 0 Å². The van der Waals surface area contributed by atoms with Crippen LogP contribution in [0.3, 0.4) is 0 Å². The Kier molecular flexibility index (Phi) is 3.53. The van der Waals surface area contributed by atoms with Gasteiger partial charge in [0.05, 0.1) is 5.76 Å². The molecule has 2 N–H and O–H groups in total. The third-order valence-electron chi connectivity index (χ3n) is 3.55.